The summed E-state index contributed by atoms with van der Waals surface area (Å²) >= 11 is 1.61. The Kier molecular flexibility index (Phi) is 10.3. The minimum atomic E-state index is -0.754. The largest absolute Gasteiger partial charge is 0.343 e. The van der Waals surface area contributed by atoms with E-state index in [0.717, 1.165) is 43.7 Å². The van der Waals surface area contributed by atoms with E-state index in [1.807, 2.05) is 35.4 Å². The molecule has 0 aliphatic carbocycles. The van der Waals surface area contributed by atoms with Gasteiger partial charge in [0.2, 0.25) is 17.8 Å². The van der Waals surface area contributed by atoms with Crippen molar-refractivity contribution in [3.05, 3.63) is 53.9 Å². The van der Waals surface area contributed by atoms with Crippen molar-refractivity contribution in [1.82, 2.24) is 25.0 Å². The number of thioether (sulfide) groups is 1. The molecule has 2 aliphatic heterocycles. The first-order valence-electron chi connectivity index (χ1n) is 13.8. The van der Waals surface area contributed by atoms with Gasteiger partial charge < -0.3 is 20.0 Å². The first-order valence-corrected chi connectivity index (χ1v) is 15.0. The van der Waals surface area contributed by atoms with Gasteiger partial charge >= 0.3 is 0 Å². The van der Waals surface area contributed by atoms with E-state index in [4.69, 9.17) is 0 Å². The summed E-state index contributed by atoms with van der Waals surface area (Å²) < 4.78 is 0. The molecule has 0 saturated carbocycles. The molecule has 218 valence electrons. The Morgan fingerprint density at radius 1 is 1.02 bits per heavy atom. The molecule has 1 aromatic heterocycles. The molecule has 4 amide bonds. The fourth-order valence-electron chi connectivity index (χ4n) is 4.72. The predicted octanol–water partition coefficient (Wildman–Crippen LogP) is 2.71. The van der Waals surface area contributed by atoms with E-state index in [1.54, 1.807) is 30.8 Å². The normalized spacial score (nSPS) is 17.7. The number of guanidine groups is 1. The zero-order chi connectivity index (χ0) is 29.4. The van der Waals surface area contributed by atoms with Crippen LogP contribution in [0.4, 0.5) is 5.69 Å². The second-order valence-electron chi connectivity index (χ2n) is 10.3. The van der Waals surface area contributed by atoms with Gasteiger partial charge in [-0.3, -0.25) is 29.5 Å². The number of aliphatic imine (C=N–C) groups is 1. The van der Waals surface area contributed by atoms with Crippen molar-refractivity contribution in [1.29, 1.82) is 0 Å². The third-order valence-corrected chi connectivity index (χ3v) is 7.80. The molecular weight excluding hydrogens is 542 g/mol. The molecule has 2 aromatic rings. The van der Waals surface area contributed by atoms with Gasteiger partial charge in [0.05, 0.1) is 12.1 Å². The van der Waals surface area contributed by atoms with Crippen LogP contribution in [0.15, 0.2) is 52.5 Å². The Hall–Kier alpha value is -3.93. The second-order valence-corrected chi connectivity index (χ2v) is 11.2. The summed E-state index contributed by atoms with van der Waals surface area (Å²) in [5.41, 5.74) is 1.15. The number of aromatic nitrogens is 1. The Labute approximate surface area is 244 Å². The summed E-state index contributed by atoms with van der Waals surface area (Å²) in [6.07, 6.45) is 7.34. The molecule has 0 radical (unpaired) electrons. The number of pyridine rings is 1. The van der Waals surface area contributed by atoms with Crippen molar-refractivity contribution in [2.24, 2.45) is 4.99 Å². The van der Waals surface area contributed by atoms with E-state index in [1.165, 1.54) is 23.2 Å². The SMILES string of the molecule is CSc1ccc(NC(=NC2CCCCN(CC(=O)N3CCCC3)C2=O)NC(=O)c2ccc(C(=O)N(C)C)nc2)cc1. The van der Waals surface area contributed by atoms with Crippen LogP contribution in [-0.4, -0.2) is 102 Å². The number of hydrogen-bond acceptors (Lipinski definition) is 7. The fourth-order valence-corrected chi connectivity index (χ4v) is 5.13. The number of likely N-dealkylation sites (tertiary alicyclic amines) is 2. The Bertz CT molecular complexity index is 1280. The average molecular weight is 580 g/mol. The van der Waals surface area contributed by atoms with Gasteiger partial charge in [-0.2, -0.15) is 0 Å². The van der Waals surface area contributed by atoms with Crippen LogP contribution in [-0.2, 0) is 9.59 Å². The predicted molar refractivity (Wildman–Crippen MR) is 159 cm³/mol. The first-order chi connectivity index (χ1) is 19.7. The quantitative estimate of drug-likeness (QED) is 0.293. The van der Waals surface area contributed by atoms with Gasteiger partial charge in [-0.15, -0.1) is 11.8 Å². The molecule has 1 unspecified atom stereocenters. The molecule has 12 heteroatoms. The third-order valence-electron chi connectivity index (χ3n) is 7.06. The van der Waals surface area contributed by atoms with Crippen LogP contribution in [0.3, 0.4) is 0 Å². The number of nitrogens with one attached hydrogen (secondary N) is 2. The molecule has 11 nitrogen and oxygen atoms in total. The van der Waals surface area contributed by atoms with Crippen LogP contribution >= 0.6 is 11.8 Å². The number of benzene rings is 1. The highest BCUT2D eigenvalue weighted by Gasteiger charge is 2.30. The van der Waals surface area contributed by atoms with E-state index in [2.05, 4.69) is 20.6 Å². The van der Waals surface area contributed by atoms with Crippen LogP contribution in [0.1, 0.15) is 53.0 Å². The summed E-state index contributed by atoms with van der Waals surface area (Å²) in [5.74, 6) is -0.907. The monoisotopic (exact) mass is 579 g/mol. The Morgan fingerprint density at radius 2 is 1.73 bits per heavy atom. The van der Waals surface area contributed by atoms with Crippen molar-refractivity contribution in [2.75, 3.05) is 51.8 Å². The molecule has 2 fully saturated rings. The van der Waals surface area contributed by atoms with Crippen LogP contribution in [0.25, 0.3) is 0 Å². The van der Waals surface area contributed by atoms with Crippen LogP contribution in [0.5, 0.6) is 0 Å². The molecule has 2 saturated heterocycles. The molecule has 0 spiro atoms. The third kappa shape index (κ3) is 8.06. The highest BCUT2D eigenvalue weighted by atomic mass is 32.2. The lowest BCUT2D eigenvalue weighted by Crippen LogP contribution is -2.45. The second kappa shape index (κ2) is 14.1. The van der Waals surface area contributed by atoms with Crippen molar-refractivity contribution >= 4 is 47.0 Å². The average Bonchev–Trinajstić information content (AvgIpc) is 3.47. The number of amides is 4. The number of rotatable bonds is 7. The molecule has 3 heterocycles. The molecule has 4 rings (SSSR count). The van der Waals surface area contributed by atoms with Gasteiger partial charge in [0.1, 0.15) is 11.7 Å². The minimum absolute atomic E-state index is 0.0373. The van der Waals surface area contributed by atoms with E-state index in [0.29, 0.717) is 18.7 Å². The first kappa shape index (κ1) is 30.0. The van der Waals surface area contributed by atoms with Gasteiger partial charge in [0, 0.05) is 50.5 Å². The molecule has 0 bridgehead atoms. The molecule has 41 heavy (non-hydrogen) atoms. The number of hydrogen-bond donors (Lipinski definition) is 2. The summed E-state index contributed by atoms with van der Waals surface area (Å²) in [4.78, 5) is 66.4. The molecule has 1 aromatic carbocycles. The van der Waals surface area contributed by atoms with E-state index in [9.17, 15) is 19.2 Å². The van der Waals surface area contributed by atoms with Crippen LogP contribution in [0.2, 0.25) is 0 Å². The Balaban J connectivity index is 1.55. The van der Waals surface area contributed by atoms with Gasteiger partial charge in [-0.25, -0.2) is 4.99 Å². The zero-order valence-electron chi connectivity index (χ0n) is 23.8. The highest BCUT2D eigenvalue weighted by Crippen LogP contribution is 2.19. The van der Waals surface area contributed by atoms with Gasteiger partial charge in [-0.1, -0.05) is 0 Å². The van der Waals surface area contributed by atoms with E-state index < -0.39 is 11.9 Å². The van der Waals surface area contributed by atoms with Crippen molar-refractivity contribution in [3.8, 4) is 0 Å². The molecular formula is C29H37N7O4S. The number of anilines is 1. The standard InChI is InChI=1S/C29H37N7O4S/c1-34(2)27(39)23-14-9-20(18-30-23)26(38)33-29(31-21-10-12-22(41-3)13-11-21)32-24-8-4-5-17-36(28(24)40)19-25(37)35-15-6-7-16-35/h9-14,18,24H,4-8,15-17,19H2,1-3H3,(H2,31,32,33,38). The highest BCUT2D eigenvalue weighted by molar-refractivity contribution is 7.98. The summed E-state index contributed by atoms with van der Waals surface area (Å²) in [7, 11) is 3.26. The van der Waals surface area contributed by atoms with E-state index >= 15 is 0 Å². The molecule has 2 aliphatic rings. The van der Waals surface area contributed by atoms with Gasteiger partial charge in [0.15, 0.2) is 0 Å². The Morgan fingerprint density at radius 3 is 2.37 bits per heavy atom. The number of nitrogens with zero attached hydrogens (tertiary/aromatic N) is 5. The van der Waals surface area contributed by atoms with Gasteiger partial charge in [0.25, 0.3) is 11.8 Å². The van der Waals surface area contributed by atoms with Crippen molar-refractivity contribution < 1.29 is 19.2 Å². The lowest BCUT2D eigenvalue weighted by molar-refractivity contribution is -0.140. The smallest absolute Gasteiger partial charge is 0.271 e. The van der Waals surface area contributed by atoms with E-state index in [-0.39, 0.29) is 41.5 Å². The maximum atomic E-state index is 13.5. The zero-order valence-corrected chi connectivity index (χ0v) is 24.6. The molecule has 2 N–H and O–H groups in total. The van der Waals surface area contributed by atoms with Crippen molar-refractivity contribution in [3.63, 3.8) is 0 Å². The van der Waals surface area contributed by atoms with Gasteiger partial charge in [-0.05, 0) is 74.8 Å². The van der Waals surface area contributed by atoms with Crippen molar-refractivity contribution in [2.45, 2.75) is 43.0 Å². The fraction of sp³-hybridized carbons (Fsp3) is 0.448. The summed E-state index contributed by atoms with van der Waals surface area (Å²) in [5, 5.41) is 5.93. The topological polar surface area (TPSA) is 127 Å². The minimum Gasteiger partial charge on any atom is -0.343 e. The lowest BCUT2D eigenvalue weighted by atomic mass is 10.1. The molecule has 1 atom stereocenters. The van der Waals surface area contributed by atoms with Crippen LogP contribution in [0, 0.1) is 0 Å². The summed E-state index contributed by atoms with van der Waals surface area (Å²) in [6, 6.07) is 9.88. The maximum absolute atomic E-state index is 13.5. The van der Waals surface area contributed by atoms with Crippen LogP contribution < -0.4 is 10.6 Å². The summed E-state index contributed by atoms with van der Waals surface area (Å²) in [6.45, 7) is 2.01. The maximum Gasteiger partial charge on any atom is 0.271 e. The number of carbonyl (C=O) groups is 4. The lowest BCUT2D eigenvalue weighted by Gasteiger charge is -2.25. The number of carbonyl (C=O) groups excluding carboxylic acids is 4.